The Morgan fingerprint density at radius 1 is 1.04 bits per heavy atom. The van der Waals surface area contributed by atoms with Gasteiger partial charge < -0.3 is 14.2 Å². The normalized spacial score (nSPS) is 21.4. The summed E-state index contributed by atoms with van der Waals surface area (Å²) in [5.74, 6) is 2.28. The van der Waals surface area contributed by atoms with E-state index in [1.54, 1.807) is 32.0 Å². The molecule has 0 bridgehead atoms. The van der Waals surface area contributed by atoms with E-state index in [0.717, 1.165) is 73.9 Å². The number of likely N-dealkylation sites (tertiary alicyclic amines) is 1. The number of amides is 2. The molecule has 3 fully saturated rings. The summed E-state index contributed by atoms with van der Waals surface area (Å²) in [7, 11) is -4.03. The maximum Gasteiger partial charge on any atom is 0.263 e. The smallest absolute Gasteiger partial charge is 0.263 e. The van der Waals surface area contributed by atoms with Crippen LogP contribution < -0.4 is 4.72 Å². The van der Waals surface area contributed by atoms with Gasteiger partial charge >= 0.3 is 0 Å². The van der Waals surface area contributed by atoms with Crippen LogP contribution in [0.3, 0.4) is 0 Å². The predicted molar refractivity (Wildman–Crippen MR) is 194 cm³/mol. The minimum Gasteiger partial charge on any atom is -0.377 e. The second-order valence-corrected chi connectivity index (χ2v) is 16.4. The van der Waals surface area contributed by atoms with Crippen molar-refractivity contribution in [1.29, 1.82) is 0 Å². The molecule has 1 saturated heterocycles. The van der Waals surface area contributed by atoms with Gasteiger partial charge in [0.05, 0.1) is 24.6 Å². The van der Waals surface area contributed by atoms with Crippen LogP contribution in [0.25, 0.3) is 11.1 Å². The van der Waals surface area contributed by atoms with Gasteiger partial charge in [0.1, 0.15) is 11.6 Å². The number of piperidine rings is 1. The number of nitrogens with zero attached hydrogens (tertiary/aromatic N) is 4. The van der Waals surface area contributed by atoms with Crippen LogP contribution in [0.15, 0.2) is 56.9 Å². The average molecular weight is 716 g/mol. The van der Waals surface area contributed by atoms with Crippen LogP contribution in [0.5, 0.6) is 0 Å². The van der Waals surface area contributed by atoms with Gasteiger partial charge in [-0.15, -0.1) is 0 Å². The fourth-order valence-corrected chi connectivity index (χ4v) is 9.34. The number of aromatic nitrogens is 1. The van der Waals surface area contributed by atoms with Gasteiger partial charge in [-0.05, 0) is 75.1 Å². The first kappa shape index (κ1) is 35.4. The minimum absolute atomic E-state index is 0.0166. The number of amidine groups is 1. The van der Waals surface area contributed by atoms with Crippen molar-refractivity contribution in [2.24, 2.45) is 16.8 Å². The highest BCUT2D eigenvalue weighted by Crippen LogP contribution is 2.40. The van der Waals surface area contributed by atoms with Crippen molar-refractivity contribution in [2.45, 2.75) is 109 Å². The van der Waals surface area contributed by atoms with E-state index in [1.807, 2.05) is 41.0 Å². The summed E-state index contributed by atoms with van der Waals surface area (Å²) < 4.78 is 41.2. The molecule has 1 spiro atoms. The lowest BCUT2D eigenvalue weighted by Crippen LogP contribution is -2.55. The Kier molecular flexibility index (Phi) is 10.1. The summed E-state index contributed by atoms with van der Waals surface area (Å²) in [6, 6.07) is 12.8. The Balaban J connectivity index is 1.18. The lowest BCUT2D eigenvalue weighted by Gasteiger charge is -2.38. The molecule has 11 nitrogen and oxygen atoms in total. The zero-order chi connectivity index (χ0) is 35.8. The van der Waals surface area contributed by atoms with Gasteiger partial charge in [0, 0.05) is 36.6 Å². The number of rotatable bonds is 12. The Morgan fingerprint density at radius 3 is 2.53 bits per heavy atom. The second-order valence-electron chi connectivity index (χ2n) is 14.7. The first-order valence-corrected chi connectivity index (χ1v) is 20.0. The van der Waals surface area contributed by atoms with Crippen LogP contribution in [0.2, 0.25) is 0 Å². The summed E-state index contributed by atoms with van der Waals surface area (Å²) in [5, 5.41) is 3.90. The third kappa shape index (κ3) is 7.09. The number of sulfonamides is 1. The van der Waals surface area contributed by atoms with Crippen LogP contribution in [0, 0.1) is 25.7 Å². The number of hydrogen-bond acceptors (Lipinski definition) is 8. The highest BCUT2D eigenvalue weighted by molar-refractivity contribution is 7.92. The minimum atomic E-state index is -4.03. The zero-order valence-electron chi connectivity index (χ0n) is 29.9. The number of nitrogens with one attached hydrogen (secondary N) is 1. The van der Waals surface area contributed by atoms with E-state index >= 15 is 0 Å². The van der Waals surface area contributed by atoms with Gasteiger partial charge in [-0.2, -0.15) is 0 Å². The molecule has 4 aliphatic rings. The number of anilines is 1. The van der Waals surface area contributed by atoms with Gasteiger partial charge in [-0.3, -0.25) is 24.2 Å². The van der Waals surface area contributed by atoms with Crippen LogP contribution in [-0.4, -0.2) is 66.3 Å². The van der Waals surface area contributed by atoms with E-state index in [4.69, 9.17) is 14.3 Å². The zero-order valence-corrected chi connectivity index (χ0v) is 30.8. The number of aliphatic imine (C=N–C) groups is 1. The summed E-state index contributed by atoms with van der Waals surface area (Å²) in [6.45, 7) is 7.54. The molecule has 2 saturated carbocycles. The molecular formula is C39H49N5O6S. The SMILES string of the molecule is CCOCc1cc(CN2C(=O)C3(CCCN(C(=O)C4CCCC4)C3)N=C2CC2CCC2)ccc1-c1ccccc1S(=O)(=O)Nc1noc(C)c1C. The lowest BCUT2D eigenvalue weighted by molar-refractivity contribution is -0.141. The summed E-state index contributed by atoms with van der Waals surface area (Å²) in [4.78, 5) is 37.1. The fourth-order valence-electron chi connectivity index (χ4n) is 8.06. The van der Waals surface area contributed by atoms with Crippen LogP contribution in [0.4, 0.5) is 5.82 Å². The molecule has 1 unspecified atom stereocenters. The number of benzene rings is 2. The van der Waals surface area contributed by atoms with Gasteiger partial charge in [-0.1, -0.05) is 73.7 Å². The Hall–Kier alpha value is -4.03. The number of carbonyl (C=O) groups excluding carboxylic acids is 2. The molecular weight excluding hydrogens is 667 g/mol. The fraction of sp³-hybridized carbons (Fsp3) is 0.538. The number of aryl methyl sites for hydroxylation is 1. The van der Waals surface area contributed by atoms with E-state index in [0.29, 0.717) is 55.5 Å². The first-order valence-electron chi connectivity index (χ1n) is 18.5. The monoisotopic (exact) mass is 715 g/mol. The molecule has 2 aliphatic heterocycles. The molecule has 3 aromatic rings. The van der Waals surface area contributed by atoms with Crippen LogP contribution >= 0.6 is 0 Å². The van der Waals surface area contributed by atoms with Crippen molar-refractivity contribution >= 4 is 33.5 Å². The van der Waals surface area contributed by atoms with Crippen molar-refractivity contribution in [2.75, 3.05) is 24.4 Å². The van der Waals surface area contributed by atoms with E-state index in [9.17, 15) is 18.0 Å². The predicted octanol–water partition coefficient (Wildman–Crippen LogP) is 6.78. The molecule has 272 valence electrons. The topological polar surface area (TPSA) is 134 Å². The van der Waals surface area contributed by atoms with Crippen LogP contribution in [-0.2, 0) is 37.5 Å². The molecule has 12 heteroatoms. The molecule has 3 heterocycles. The average Bonchev–Trinajstić information content (AvgIpc) is 3.82. The molecule has 1 atom stereocenters. The van der Waals surface area contributed by atoms with Gasteiger partial charge in [-0.25, -0.2) is 8.42 Å². The summed E-state index contributed by atoms with van der Waals surface area (Å²) in [6.07, 6.45) is 9.71. The third-order valence-electron chi connectivity index (χ3n) is 11.3. The molecule has 0 radical (unpaired) electrons. The molecule has 2 aromatic carbocycles. The maximum absolute atomic E-state index is 14.5. The quantitative estimate of drug-likeness (QED) is 0.219. The van der Waals surface area contributed by atoms with Gasteiger partial charge in [0.15, 0.2) is 11.4 Å². The number of ether oxygens (including phenoxy) is 1. The number of carbonyl (C=O) groups is 2. The van der Waals surface area contributed by atoms with E-state index in [2.05, 4.69) is 9.88 Å². The van der Waals surface area contributed by atoms with E-state index in [1.165, 1.54) is 6.42 Å². The van der Waals surface area contributed by atoms with Crippen molar-refractivity contribution < 1.29 is 27.3 Å². The largest absolute Gasteiger partial charge is 0.377 e. The maximum atomic E-state index is 14.5. The van der Waals surface area contributed by atoms with E-state index < -0.39 is 15.6 Å². The highest BCUT2D eigenvalue weighted by atomic mass is 32.2. The van der Waals surface area contributed by atoms with Gasteiger partial charge in [0.25, 0.3) is 15.9 Å². The summed E-state index contributed by atoms with van der Waals surface area (Å²) in [5.41, 5.74) is 2.67. The van der Waals surface area contributed by atoms with Crippen molar-refractivity contribution in [3.05, 3.63) is 64.9 Å². The molecule has 7 rings (SSSR count). The van der Waals surface area contributed by atoms with Crippen molar-refractivity contribution in [3.8, 4) is 11.1 Å². The van der Waals surface area contributed by atoms with Gasteiger partial charge in [0.2, 0.25) is 5.91 Å². The molecule has 1 N–H and O–H groups in total. The van der Waals surface area contributed by atoms with Crippen molar-refractivity contribution in [1.82, 2.24) is 15.0 Å². The first-order chi connectivity index (χ1) is 24.6. The highest BCUT2D eigenvalue weighted by Gasteiger charge is 2.52. The van der Waals surface area contributed by atoms with E-state index in [-0.39, 0.29) is 35.1 Å². The second kappa shape index (κ2) is 14.5. The van der Waals surface area contributed by atoms with Crippen LogP contribution in [0.1, 0.15) is 93.6 Å². The standard InChI is InChI=1S/C39H49N5O6S/c1-4-49-24-31-21-29(17-18-32(31)33-15-7-8-16-34(33)51(47,48)42-36-26(2)27(3)50-41-36)23-44-35(22-28-11-9-12-28)40-39(38(44)46)19-10-20-43(25-39)37(45)30-13-5-6-14-30/h7-8,15-18,21,28,30H,4-6,9-14,19-20,22-25H2,1-3H3,(H,41,42). The number of hydrogen-bond donors (Lipinski definition) is 1. The Labute approximate surface area is 300 Å². The Bertz CT molecular complexity index is 1930. The third-order valence-corrected chi connectivity index (χ3v) is 12.7. The molecule has 2 amide bonds. The molecule has 2 aliphatic carbocycles. The molecule has 1 aromatic heterocycles. The lowest BCUT2D eigenvalue weighted by atomic mass is 9.82. The molecule has 51 heavy (non-hydrogen) atoms. The van der Waals surface area contributed by atoms with Crippen molar-refractivity contribution in [3.63, 3.8) is 0 Å². The summed E-state index contributed by atoms with van der Waals surface area (Å²) >= 11 is 0. The Morgan fingerprint density at radius 2 is 1.82 bits per heavy atom.